The van der Waals surface area contributed by atoms with E-state index in [1.165, 1.54) is 0 Å². The van der Waals surface area contributed by atoms with Gasteiger partial charge in [-0.3, -0.25) is 14.5 Å². The van der Waals surface area contributed by atoms with E-state index in [2.05, 4.69) is 48.3 Å². The van der Waals surface area contributed by atoms with Crippen molar-refractivity contribution in [1.82, 2.24) is 14.8 Å². The second-order valence-electron chi connectivity index (χ2n) is 8.96. The number of aromatic nitrogens is 3. The highest BCUT2D eigenvalue weighted by Gasteiger charge is 2.15. The summed E-state index contributed by atoms with van der Waals surface area (Å²) in [4.78, 5) is 18.1. The predicted octanol–water partition coefficient (Wildman–Crippen LogP) is 6.19. The number of hydrogen-bond acceptors (Lipinski definition) is 5. The monoisotopic (exact) mass is 460 g/mol. The van der Waals surface area contributed by atoms with Crippen LogP contribution in [0.25, 0.3) is 10.9 Å². The van der Waals surface area contributed by atoms with Gasteiger partial charge >= 0.3 is 0 Å². The maximum Gasteiger partial charge on any atom is 0.228 e. The van der Waals surface area contributed by atoms with Gasteiger partial charge in [0.05, 0.1) is 29.4 Å². The third-order valence-corrected chi connectivity index (χ3v) is 6.01. The van der Waals surface area contributed by atoms with Crippen molar-refractivity contribution in [3.8, 4) is 11.5 Å². The number of ether oxygens (including phenoxy) is 1. The average molecular weight is 461 g/mol. The van der Waals surface area contributed by atoms with Gasteiger partial charge in [-0.15, -0.1) is 11.8 Å². The number of benzene rings is 2. The van der Waals surface area contributed by atoms with Crippen molar-refractivity contribution in [1.29, 1.82) is 0 Å². The van der Waals surface area contributed by atoms with E-state index in [-0.39, 0.29) is 17.9 Å². The summed E-state index contributed by atoms with van der Waals surface area (Å²) in [7, 11) is 0. The molecule has 4 rings (SSSR count). The molecule has 0 saturated carbocycles. The van der Waals surface area contributed by atoms with Crippen LogP contribution in [0.3, 0.4) is 0 Å². The Balaban J connectivity index is 1.47. The number of nitrogens with zero attached hydrogens (tertiary/aromatic N) is 3. The lowest BCUT2D eigenvalue weighted by Gasteiger charge is -2.18. The molecule has 0 fully saturated rings. The van der Waals surface area contributed by atoms with Crippen LogP contribution >= 0.6 is 11.8 Å². The molecule has 7 heteroatoms. The molecule has 0 aliphatic rings. The SMILES string of the molecule is CSc1ccc2nccc(Oc3ccc(CC(=O)Nc4cnn(C(C)(C)C)c4)cc3C)c2c1. The van der Waals surface area contributed by atoms with Gasteiger partial charge in [0.25, 0.3) is 0 Å². The fourth-order valence-corrected chi connectivity index (χ4v) is 3.96. The number of amides is 1. The number of nitrogens with one attached hydrogen (secondary N) is 1. The third-order valence-electron chi connectivity index (χ3n) is 5.29. The zero-order valence-corrected chi connectivity index (χ0v) is 20.4. The predicted molar refractivity (Wildman–Crippen MR) is 134 cm³/mol. The van der Waals surface area contributed by atoms with Gasteiger partial charge in [-0.2, -0.15) is 5.10 Å². The van der Waals surface area contributed by atoms with Crippen molar-refractivity contribution in [2.45, 2.75) is 44.6 Å². The van der Waals surface area contributed by atoms with Crippen LogP contribution in [0.2, 0.25) is 0 Å². The van der Waals surface area contributed by atoms with Crippen molar-refractivity contribution < 1.29 is 9.53 Å². The van der Waals surface area contributed by atoms with Gasteiger partial charge < -0.3 is 10.1 Å². The summed E-state index contributed by atoms with van der Waals surface area (Å²) in [6.07, 6.45) is 7.60. The largest absolute Gasteiger partial charge is 0.456 e. The first-order valence-electron chi connectivity index (χ1n) is 10.8. The molecule has 0 radical (unpaired) electrons. The molecule has 4 aromatic rings. The maximum absolute atomic E-state index is 12.5. The number of anilines is 1. The molecule has 0 saturated heterocycles. The van der Waals surface area contributed by atoms with Crippen LogP contribution in [-0.2, 0) is 16.8 Å². The first kappa shape index (κ1) is 22.9. The molecule has 6 nitrogen and oxygen atoms in total. The van der Waals surface area contributed by atoms with Crippen LogP contribution in [-0.4, -0.2) is 26.9 Å². The summed E-state index contributed by atoms with van der Waals surface area (Å²) in [6, 6.07) is 13.9. The van der Waals surface area contributed by atoms with E-state index in [1.807, 2.05) is 54.4 Å². The van der Waals surface area contributed by atoms with Gasteiger partial charge in [0.1, 0.15) is 11.5 Å². The molecular weight excluding hydrogens is 432 g/mol. The summed E-state index contributed by atoms with van der Waals surface area (Å²) in [5.41, 5.74) is 3.34. The zero-order valence-electron chi connectivity index (χ0n) is 19.5. The Bertz CT molecular complexity index is 1310. The van der Waals surface area contributed by atoms with E-state index in [1.54, 1.807) is 24.2 Å². The summed E-state index contributed by atoms with van der Waals surface area (Å²) in [5, 5.41) is 8.23. The molecule has 2 heterocycles. The number of carbonyl (C=O) groups is 1. The lowest BCUT2D eigenvalue weighted by atomic mass is 10.1. The molecule has 0 atom stereocenters. The normalized spacial score (nSPS) is 11.5. The van der Waals surface area contributed by atoms with Crippen LogP contribution in [0.15, 0.2) is 66.0 Å². The van der Waals surface area contributed by atoms with E-state index in [0.717, 1.165) is 38.4 Å². The van der Waals surface area contributed by atoms with Crippen molar-refractivity contribution in [3.63, 3.8) is 0 Å². The fourth-order valence-electron chi connectivity index (χ4n) is 3.52. The molecule has 170 valence electrons. The molecule has 2 aromatic heterocycles. The number of hydrogen-bond donors (Lipinski definition) is 1. The Morgan fingerprint density at radius 2 is 1.94 bits per heavy atom. The lowest BCUT2D eigenvalue weighted by molar-refractivity contribution is -0.115. The number of pyridine rings is 1. The molecule has 1 amide bonds. The summed E-state index contributed by atoms with van der Waals surface area (Å²) >= 11 is 1.69. The summed E-state index contributed by atoms with van der Waals surface area (Å²) < 4.78 is 8.09. The standard InChI is InChI=1S/C26H28N4O2S/c1-17-12-18(13-25(31)29-19-15-28-30(16-19)26(2,3)4)6-9-23(17)32-24-10-11-27-22-8-7-20(33-5)14-21(22)24/h6-12,14-16H,13H2,1-5H3,(H,29,31). The van der Waals surface area contributed by atoms with Crippen molar-refractivity contribution in [3.05, 3.63) is 72.2 Å². The molecular formula is C26H28N4O2S. The van der Waals surface area contributed by atoms with Crippen LogP contribution < -0.4 is 10.1 Å². The van der Waals surface area contributed by atoms with E-state index in [0.29, 0.717) is 5.69 Å². The van der Waals surface area contributed by atoms with Gasteiger partial charge in [-0.05, 0) is 75.4 Å². The Morgan fingerprint density at radius 1 is 1.12 bits per heavy atom. The Labute approximate surface area is 198 Å². The molecule has 2 aromatic carbocycles. The topological polar surface area (TPSA) is 69.0 Å². The number of carbonyl (C=O) groups excluding carboxylic acids is 1. The molecule has 0 bridgehead atoms. The van der Waals surface area contributed by atoms with Gasteiger partial charge in [0.2, 0.25) is 5.91 Å². The quantitative estimate of drug-likeness (QED) is 0.348. The fraction of sp³-hybridized carbons (Fsp3) is 0.269. The average Bonchev–Trinajstić information content (AvgIpc) is 3.24. The highest BCUT2D eigenvalue weighted by Crippen LogP contribution is 2.33. The van der Waals surface area contributed by atoms with E-state index >= 15 is 0 Å². The van der Waals surface area contributed by atoms with Crippen LogP contribution in [0.5, 0.6) is 11.5 Å². The number of aryl methyl sites for hydroxylation is 1. The molecule has 0 aliphatic heterocycles. The van der Waals surface area contributed by atoms with Crippen LogP contribution in [0, 0.1) is 6.92 Å². The van der Waals surface area contributed by atoms with Gasteiger partial charge in [0, 0.05) is 22.7 Å². The van der Waals surface area contributed by atoms with Crippen LogP contribution in [0.4, 0.5) is 5.69 Å². The minimum atomic E-state index is -0.132. The van der Waals surface area contributed by atoms with E-state index < -0.39 is 0 Å². The second-order valence-corrected chi connectivity index (χ2v) is 9.84. The molecule has 0 aliphatic carbocycles. The van der Waals surface area contributed by atoms with Gasteiger partial charge in [-0.1, -0.05) is 12.1 Å². The lowest BCUT2D eigenvalue weighted by Crippen LogP contribution is -2.22. The Morgan fingerprint density at radius 3 is 2.64 bits per heavy atom. The Kier molecular flexibility index (Phi) is 6.42. The minimum Gasteiger partial charge on any atom is -0.456 e. The molecule has 1 N–H and O–H groups in total. The van der Waals surface area contributed by atoms with Crippen LogP contribution in [0.1, 0.15) is 31.9 Å². The summed E-state index contributed by atoms with van der Waals surface area (Å²) in [6.45, 7) is 8.18. The molecule has 33 heavy (non-hydrogen) atoms. The van der Waals surface area contributed by atoms with E-state index in [9.17, 15) is 4.79 Å². The summed E-state index contributed by atoms with van der Waals surface area (Å²) in [5.74, 6) is 1.44. The van der Waals surface area contributed by atoms with E-state index in [4.69, 9.17) is 4.74 Å². The van der Waals surface area contributed by atoms with Crippen molar-refractivity contribution >= 4 is 34.3 Å². The Hall–Kier alpha value is -3.32. The molecule has 0 unspecified atom stereocenters. The highest BCUT2D eigenvalue weighted by atomic mass is 32.2. The first-order chi connectivity index (χ1) is 15.7. The van der Waals surface area contributed by atoms with Gasteiger partial charge in [-0.25, -0.2) is 0 Å². The van der Waals surface area contributed by atoms with Gasteiger partial charge in [0.15, 0.2) is 0 Å². The minimum absolute atomic E-state index is 0.0822. The first-order valence-corrected chi connectivity index (χ1v) is 12.0. The number of fused-ring (bicyclic) bond motifs is 1. The number of thioether (sulfide) groups is 1. The maximum atomic E-state index is 12.5. The van der Waals surface area contributed by atoms with Crippen molar-refractivity contribution in [2.24, 2.45) is 0 Å². The van der Waals surface area contributed by atoms with Crippen molar-refractivity contribution in [2.75, 3.05) is 11.6 Å². The second kappa shape index (κ2) is 9.27. The highest BCUT2D eigenvalue weighted by molar-refractivity contribution is 7.98. The smallest absolute Gasteiger partial charge is 0.228 e. The molecule has 0 spiro atoms. The zero-order chi connectivity index (χ0) is 23.6. The third kappa shape index (κ3) is 5.37. The number of rotatable bonds is 6.